The quantitative estimate of drug-likeness (QED) is 0.378. The van der Waals surface area contributed by atoms with Crippen molar-refractivity contribution in [1.82, 2.24) is 19.2 Å². The fraction of sp³-hybridized carbons (Fsp3) is 0.182. The molecule has 8 heteroatoms. The van der Waals surface area contributed by atoms with Crippen LogP contribution in [-0.4, -0.2) is 19.2 Å². The Balaban J connectivity index is 1.81. The molecule has 3 heterocycles. The lowest BCUT2D eigenvalue weighted by Crippen LogP contribution is -2.27. The van der Waals surface area contributed by atoms with Gasteiger partial charge in [-0.1, -0.05) is 54.1 Å². The zero-order valence-corrected chi connectivity index (χ0v) is 16.6. The number of aromatic nitrogens is 4. The average Bonchev–Trinajstić information content (AvgIpc) is 3.30. The minimum Gasteiger partial charge on any atom is -0.337 e. The molecule has 0 saturated carbocycles. The number of allylic oxidation sites excluding steroid dienone is 4. The van der Waals surface area contributed by atoms with Crippen LogP contribution < -0.4 is 0 Å². The molecule has 1 aliphatic carbocycles. The average molecular weight is 429 g/mol. The first-order chi connectivity index (χ1) is 14.3. The van der Waals surface area contributed by atoms with Gasteiger partial charge in [-0.25, -0.2) is 9.50 Å². The van der Waals surface area contributed by atoms with Crippen molar-refractivity contribution in [3.8, 4) is 11.1 Å². The Morgan fingerprint density at radius 1 is 1.10 bits per heavy atom. The van der Waals surface area contributed by atoms with Crippen molar-refractivity contribution in [1.29, 1.82) is 0 Å². The highest BCUT2D eigenvalue weighted by Crippen LogP contribution is 2.39. The summed E-state index contributed by atoms with van der Waals surface area (Å²) in [7, 11) is 0. The molecule has 1 aromatic carbocycles. The fourth-order valence-corrected chi connectivity index (χ4v) is 4.18. The lowest BCUT2D eigenvalue weighted by molar-refractivity contribution is -0.140. The van der Waals surface area contributed by atoms with Gasteiger partial charge < -0.3 is 4.57 Å². The first kappa shape index (κ1) is 18.9. The predicted molar refractivity (Wildman–Crippen MR) is 110 cm³/mol. The van der Waals surface area contributed by atoms with Gasteiger partial charge in [-0.3, -0.25) is 0 Å². The SMILES string of the molecule is CC1(n2cc(-c3cc(Cl)nn4cc(C(F)(F)F)nc34)c3ccccc32)C=CC=CC1. The smallest absolute Gasteiger partial charge is 0.337 e. The summed E-state index contributed by atoms with van der Waals surface area (Å²) in [6.07, 6.45) is 7.28. The number of hydrogen-bond acceptors (Lipinski definition) is 2. The van der Waals surface area contributed by atoms with Crippen molar-refractivity contribution in [3.05, 3.63) is 77.9 Å². The van der Waals surface area contributed by atoms with Crippen molar-refractivity contribution in [3.63, 3.8) is 0 Å². The minimum absolute atomic E-state index is 0.0900. The number of fused-ring (bicyclic) bond motifs is 2. The lowest BCUT2D eigenvalue weighted by atomic mass is 9.93. The number of hydrogen-bond donors (Lipinski definition) is 0. The fourth-order valence-electron chi connectivity index (χ4n) is 3.99. The summed E-state index contributed by atoms with van der Waals surface area (Å²) < 4.78 is 43.0. The minimum atomic E-state index is -4.57. The molecule has 152 valence electrons. The van der Waals surface area contributed by atoms with E-state index in [1.165, 1.54) is 0 Å². The number of para-hydroxylation sites is 1. The Bertz CT molecular complexity index is 1350. The number of nitrogens with zero attached hydrogens (tertiary/aromatic N) is 4. The normalized spacial score (nSPS) is 19.2. The summed E-state index contributed by atoms with van der Waals surface area (Å²) in [6, 6.07) is 9.37. The van der Waals surface area contributed by atoms with Gasteiger partial charge in [0.25, 0.3) is 0 Å². The molecule has 0 aliphatic heterocycles. The molecular weight excluding hydrogens is 413 g/mol. The Morgan fingerprint density at radius 3 is 2.63 bits per heavy atom. The van der Waals surface area contributed by atoms with Gasteiger partial charge in [0.2, 0.25) is 0 Å². The van der Waals surface area contributed by atoms with Crippen LogP contribution in [0.15, 0.2) is 67.0 Å². The highest BCUT2D eigenvalue weighted by Gasteiger charge is 2.35. The Morgan fingerprint density at radius 2 is 1.90 bits per heavy atom. The van der Waals surface area contributed by atoms with Crippen LogP contribution in [0.1, 0.15) is 19.0 Å². The molecule has 0 amide bonds. The maximum absolute atomic E-state index is 13.3. The highest BCUT2D eigenvalue weighted by atomic mass is 35.5. The molecule has 0 bridgehead atoms. The van der Waals surface area contributed by atoms with E-state index in [0.717, 1.165) is 33.6 Å². The van der Waals surface area contributed by atoms with E-state index >= 15 is 0 Å². The lowest BCUT2D eigenvalue weighted by Gasteiger charge is -2.29. The van der Waals surface area contributed by atoms with Crippen molar-refractivity contribution < 1.29 is 13.2 Å². The molecule has 4 aromatic rings. The maximum Gasteiger partial charge on any atom is 0.434 e. The van der Waals surface area contributed by atoms with E-state index in [1.54, 1.807) is 6.07 Å². The van der Waals surface area contributed by atoms with E-state index in [1.807, 2.05) is 42.6 Å². The third kappa shape index (κ3) is 2.92. The Hall–Kier alpha value is -3.06. The molecule has 4 nitrogen and oxygen atoms in total. The largest absolute Gasteiger partial charge is 0.434 e. The zero-order chi connectivity index (χ0) is 21.1. The summed E-state index contributed by atoms with van der Waals surface area (Å²) in [6.45, 7) is 2.12. The first-order valence-corrected chi connectivity index (χ1v) is 9.72. The molecular formula is C22H16ClF3N4. The predicted octanol–water partition coefficient (Wildman–Crippen LogP) is 6.25. The van der Waals surface area contributed by atoms with Gasteiger partial charge in [-0.2, -0.15) is 18.3 Å². The Labute approximate surface area is 174 Å². The molecule has 1 aliphatic rings. The van der Waals surface area contributed by atoms with E-state index in [2.05, 4.69) is 33.7 Å². The number of halogens is 4. The topological polar surface area (TPSA) is 35.1 Å². The summed E-state index contributed by atoms with van der Waals surface area (Å²) in [5, 5.41) is 4.97. The van der Waals surface area contributed by atoms with E-state index in [4.69, 9.17) is 11.6 Å². The molecule has 1 unspecified atom stereocenters. The first-order valence-electron chi connectivity index (χ1n) is 9.35. The number of benzene rings is 1. The van der Waals surface area contributed by atoms with Gasteiger partial charge >= 0.3 is 6.18 Å². The molecule has 0 spiro atoms. The van der Waals surface area contributed by atoms with Crippen LogP contribution in [0.2, 0.25) is 5.15 Å². The molecule has 5 rings (SSSR count). The molecule has 0 saturated heterocycles. The summed E-state index contributed by atoms with van der Waals surface area (Å²) in [4.78, 5) is 3.83. The van der Waals surface area contributed by atoms with E-state index in [0.29, 0.717) is 5.56 Å². The summed E-state index contributed by atoms with van der Waals surface area (Å²) >= 11 is 6.16. The van der Waals surface area contributed by atoms with Crippen molar-refractivity contribution in [2.24, 2.45) is 0 Å². The van der Waals surface area contributed by atoms with E-state index in [-0.39, 0.29) is 16.3 Å². The van der Waals surface area contributed by atoms with E-state index < -0.39 is 11.9 Å². The maximum atomic E-state index is 13.3. The van der Waals surface area contributed by atoms with Gasteiger partial charge in [0.1, 0.15) is 0 Å². The molecule has 1 atom stereocenters. The van der Waals surface area contributed by atoms with Crippen molar-refractivity contribution >= 4 is 28.2 Å². The number of alkyl halides is 3. The Kier molecular flexibility index (Phi) is 4.08. The molecule has 0 N–H and O–H groups in total. The van der Waals surface area contributed by atoms with Crippen LogP contribution >= 0.6 is 11.6 Å². The van der Waals surface area contributed by atoms with Gasteiger partial charge in [-0.05, 0) is 25.5 Å². The number of imidazole rings is 1. The number of rotatable bonds is 2. The monoisotopic (exact) mass is 428 g/mol. The third-order valence-electron chi connectivity index (χ3n) is 5.47. The standard InChI is InChI=1S/C22H16ClF3N4/c1-21(9-5-2-6-10-21)29-12-16(14-7-3-4-8-17(14)29)15-11-19(23)28-30-13-18(22(24,25)26)27-20(15)30/h2-9,11-13H,10H2,1H3. The van der Waals surface area contributed by atoms with Crippen LogP contribution in [0.4, 0.5) is 13.2 Å². The zero-order valence-electron chi connectivity index (χ0n) is 15.9. The molecule has 0 radical (unpaired) electrons. The third-order valence-corrected chi connectivity index (χ3v) is 5.66. The van der Waals surface area contributed by atoms with Crippen molar-refractivity contribution in [2.75, 3.05) is 0 Å². The van der Waals surface area contributed by atoms with Gasteiger partial charge in [0.15, 0.2) is 16.5 Å². The highest BCUT2D eigenvalue weighted by molar-refractivity contribution is 6.29. The van der Waals surface area contributed by atoms with Crippen LogP contribution in [-0.2, 0) is 11.7 Å². The second-order valence-corrected chi connectivity index (χ2v) is 7.94. The molecule has 30 heavy (non-hydrogen) atoms. The van der Waals surface area contributed by atoms with Crippen molar-refractivity contribution in [2.45, 2.75) is 25.1 Å². The molecule has 0 fully saturated rings. The second-order valence-electron chi connectivity index (χ2n) is 7.55. The van der Waals surface area contributed by atoms with Gasteiger partial charge in [0, 0.05) is 28.2 Å². The van der Waals surface area contributed by atoms with Crippen LogP contribution in [0.3, 0.4) is 0 Å². The molecule has 3 aromatic heterocycles. The van der Waals surface area contributed by atoms with Gasteiger partial charge in [-0.15, -0.1) is 0 Å². The van der Waals surface area contributed by atoms with Crippen LogP contribution in [0.25, 0.3) is 27.7 Å². The summed E-state index contributed by atoms with van der Waals surface area (Å²) in [5.41, 5.74) is 1.03. The van der Waals surface area contributed by atoms with E-state index in [9.17, 15) is 13.2 Å². The second kappa shape index (κ2) is 6.47. The van der Waals surface area contributed by atoms with Crippen LogP contribution in [0, 0.1) is 0 Å². The summed E-state index contributed by atoms with van der Waals surface area (Å²) in [5.74, 6) is 0. The van der Waals surface area contributed by atoms with Crippen LogP contribution in [0.5, 0.6) is 0 Å². The van der Waals surface area contributed by atoms with Gasteiger partial charge in [0.05, 0.1) is 11.7 Å².